The summed E-state index contributed by atoms with van der Waals surface area (Å²) in [6.45, 7) is 1.53. The van der Waals surface area contributed by atoms with Crippen LogP contribution >= 0.6 is 27.5 Å². The van der Waals surface area contributed by atoms with Crippen molar-refractivity contribution in [3.63, 3.8) is 0 Å². The van der Waals surface area contributed by atoms with Crippen molar-refractivity contribution in [1.82, 2.24) is 0 Å². The van der Waals surface area contributed by atoms with E-state index in [1.807, 2.05) is 0 Å². The van der Waals surface area contributed by atoms with Gasteiger partial charge in [-0.1, -0.05) is 22.0 Å². The molecule has 0 radical (unpaired) electrons. The van der Waals surface area contributed by atoms with Gasteiger partial charge in [0.05, 0.1) is 10.9 Å². The Balaban J connectivity index is 3.06. The Bertz CT molecular complexity index is 352. The Morgan fingerprint density at radius 1 is 1.64 bits per heavy atom. The summed E-state index contributed by atoms with van der Waals surface area (Å²) in [5.74, 6) is -0.898. The Morgan fingerprint density at radius 3 is 2.71 bits per heavy atom. The van der Waals surface area contributed by atoms with Gasteiger partial charge >= 0.3 is 0 Å². The van der Waals surface area contributed by atoms with Crippen molar-refractivity contribution in [3.05, 3.63) is 35.1 Å². The lowest BCUT2D eigenvalue weighted by Gasteiger charge is -2.05. The molecule has 0 aromatic heterocycles. The van der Waals surface area contributed by atoms with Crippen LogP contribution in [0.25, 0.3) is 0 Å². The third-order valence-electron chi connectivity index (χ3n) is 1.81. The normalized spacial score (nSPS) is 12.6. The van der Waals surface area contributed by atoms with E-state index in [4.69, 9.17) is 11.6 Å². The second-order valence-electron chi connectivity index (χ2n) is 2.93. The number of benzene rings is 1. The first-order valence-electron chi connectivity index (χ1n) is 4.09. The molecule has 0 spiro atoms. The van der Waals surface area contributed by atoms with Crippen LogP contribution in [0.3, 0.4) is 0 Å². The second-order valence-corrected chi connectivity index (χ2v) is 4.14. The van der Waals surface area contributed by atoms with Gasteiger partial charge in [0.2, 0.25) is 0 Å². The summed E-state index contributed by atoms with van der Waals surface area (Å²) in [6, 6.07) is 4.50. The summed E-state index contributed by atoms with van der Waals surface area (Å²) in [5.41, 5.74) is 0.846. The second kappa shape index (κ2) is 4.89. The molecule has 0 bridgehead atoms. The Kier molecular flexibility index (Phi) is 4.08. The van der Waals surface area contributed by atoms with Crippen molar-refractivity contribution in [1.29, 1.82) is 0 Å². The van der Waals surface area contributed by atoms with Crippen LogP contribution < -0.4 is 0 Å². The molecular weight excluding hydrogens is 270 g/mol. The van der Waals surface area contributed by atoms with E-state index >= 15 is 0 Å². The lowest BCUT2D eigenvalue weighted by molar-refractivity contribution is 0.0988. The molecule has 4 heteroatoms. The molecule has 0 saturated heterocycles. The number of Topliss-reactive ketones (excluding diaryl/α,β-unsaturated/α-hetero) is 1. The average Bonchev–Trinajstić information content (AvgIpc) is 2.16. The average molecular weight is 280 g/mol. The smallest absolute Gasteiger partial charge is 0.183 e. The van der Waals surface area contributed by atoms with Gasteiger partial charge < -0.3 is 0 Å². The zero-order valence-electron chi connectivity index (χ0n) is 7.56. The Labute approximate surface area is 95.4 Å². The van der Waals surface area contributed by atoms with Crippen LogP contribution in [0, 0.1) is 5.82 Å². The minimum atomic E-state index is -0.695. The van der Waals surface area contributed by atoms with Gasteiger partial charge in [-0.25, -0.2) is 4.39 Å². The molecule has 1 rings (SSSR count). The van der Waals surface area contributed by atoms with Crippen LogP contribution in [0.5, 0.6) is 0 Å². The van der Waals surface area contributed by atoms with Crippen molar-refractivity contribution < 1.29 is 9.18 Å². The molecule has 0 aliphatic rings. The Hall–Kier alpha value is -0.410. The number of halogens is 3. The van der Waals surface area contributed by atoms with E-state index in [0.717, 1.165) is 5.56 Å². The Morgan fingerprint density at radius 2 is 2.29 bits per heavy atom. The number of hydrogen-bond acceptors (Lipinski definition) is 1. The summed E-state index contributed by atoms with van der Waals surface area (Å²) in [6.07, 6.45) is 0. The quantitative estimate of drug-likeness (QED) is 0.611. The highest BCUT2D eigenvalue weighted by Gasteiger charge is 2.16. The molecule has 1 unspecified atom stereocenters. The zero-order valence-corrected chi connectivity index (χ0v) is 9.90. The highest BCUT2D eigenvalue weighted by atomic mass is 79.9. The fraction of sp³-hybridized carbons (Fsp3) is 0.300. The largest absolute Gasteiger partial charge is 0.292 e. The molecule has 1 atom stereocenters. The first-order chi connectivity index (χ1) is 6.56. The highest BCUT2D eigenvalue weighted by molar-refractivity contribution is 9.08. The number of ketones is 1. The summed E-state index contributed by atoms with van der Waals surface area (Å²) in [4.78, 5) is 11.4. The van der Waals surface area contributed by atoms with Crippen molar-refractivity contribution in [2.75, 3.05) is 0 Å². The van der Waals surface area contributed by atoms with Gasteiger partial charge in [0.1, 0.15) is 5.82 Å². The maximum atomic E-state index is 13.3. The molecule has 0 N–H and O–H groups in total. The minimum Gasteiger partial charge on any atom is -0.292 e. The van der Waals surface area contributed by atoms with E-state index < -0.39 is 11.2 Å². The molecule has 1 aromatic carbocycles. The monoisotopic (exact) mass is 278 g/mol. The molecule has 1 nitrogen and oxygen atoms in total. The van der Waals surface area contributed by atoms with Gasteiger partial charge in [-0.2, -0.15) is 0 Å². The molecule has 0 saturated carbocycles. The summed E-state index contributed by atoms with van der Waals surface area (Å²) < 4.78 is 13.3. The van der Waals surface area contributed by atoms with Gasteiger partial charge in [-0.3, -0.25) is 4.79 Å². The topological polar surface area (TPSA) is 17.1 Å². The van der Waals surface area contributed by atoms with Crippen LogP contribution in [-0.2, 0) is 5.33 Å². The highest BCUT2D eigenvalue weighted by Crippen LogP contribution is 2.16. The molecule has 0 heterocycles. The number of alkyl halides is 2. The number of carbonyl (C=O) groups excluding carboxylic acids is 1. The van der Waals surface area contributed by atoms with Gasteiger partial charge in [0.25, 0.3) is 0 Å². The first-order valence-corrected chi connectivity index (χ1v) is 5.64. The maximum absolute atomic E-state index is 13.3. The SMILES string of the molecule is CC(Cl)C(=O)c1ccc(CBr)cc1F. The van der Waals surface area contributed by atoms with E-state index in [9.17, 15) is 9.18 Å². The van der Waals surface area contributed by atoms with E-state index in [1.165, 1.54) is 19.1 Å². The molecule has 0 aliphatic carbocycles. The van der Waals surface area contributed by atoms with Gasteiger partial charge in [-0.15, -0.1) is 11.6 Å². The molecule has 0 fully saturated rings. The van der Waals surface area contributed by atoms with E-state index in [0.29, 0.717) is 5.33 Å². The van der Waals surface area contributed by atoms with E-state index in [2.05, 4.69) is 15.9 Å². The van der Waals surface area contributed by atoms with E-state index in [-0.39, 0.29) is 11.3 Å². The summed E-state index contributed by atoms with van der Waals surface area (Å²) >= 11 is 8.79. The van der Waals surface area contributed by atoms with Crippen molar-refractivity contribution in [2.45, 2.75) is 17.6 Å². The van der Waals surface area contributed by atoms with Crippen LogP contribution in [0.2, 0.25) is 0 Å². The zero-order chi connectivity index (χ0) is 10.7. The van der Waals surface area contributed by atoms with Crippen LogP contribution in [0.15, 0.2) is 18.2 Å². The number of carbonyl (C=O) groups is 1. The number of rotatable bonds is 3. The fourth-order valence-corrected chi connectivity index (χ4v) is 1.52. The van der Waals surface area contributed by atoms with Crippen molar-refractivity contribution in [3.8, 4) is 0 Å². The van der Waals surface area contributed by atoms with Gasteiger partial charge in [-0.05, 0) is 24.6 Å². The van der Waals surface area contributed by atoms with Crippen LogP contribution in [0.4, 0.5) is 4.39 Å². The van der Waals surface area contributed by atoms with E-state index in [1.54, 1.807) is 6.07 Å². The molecule has 0 aliphatic heterocycles. The molecular formula is C10H9BrClFO. The third kappa shape index (κ3) is 2.55. The predicted octanol–water partition coefficient (Wildman–Crippen LogP) is 3.53. The molecule has 1 aromatic rings. The number of hydrogen-bond donors (Lipinski definition) is 0. The summed E-state index contributed by atoms with van der Waals surface area (Å²) in [5, 5.41) is -0.131. The third-order valence-corrected chi connectivity index (χ3v) is 2.66. The predicted molar refractivity (Wildman–Crippen MR) is 58.7 cm³/mol. The lowest BCUT2D eigenvalue weighted by atomic mass is 10.1. The first kappa shape index (κ1) is 11.7. The lowest BCUT2D eigenvalue weighted by Crippen LogP contribution is -2.12. The van der Waals surface area contributed by atoms with Crippen molar-refractivity contribution in [2.24, 2.45) is 0 Å². The van der Waals surface area contributed by atoms with Crippen LogP contribution in [-0.4, -0.2) is 11.2 Å². The molecule has 76 valence electrons. The molecule has 14 heavy (non-hydrogen) atoms. The standard InChI is InChI=1S/C10H9BrClFO/c1-6(12)10(14)8-3-2-7(5-11)4-9(8)13/h2-4,6H,5H2,1H3. The summed E-state index contributed by atoms with van der Waals surface area (Å²) in [7, 11) is 0. The van der Waals surface area contributed by atoms with Crippen molar-refractivity contribution >= 4 is 33.3 Å². The molecule has 0 amide bonds. The fourth-order valence-electron chi connectivity index (χ4n) is 1.06. The maximum Gasteiger partial charge on any atom is 0.183 e. The minimum absolute atomic E-state index is 0.0530. The van der Waals surface area contributed by atoms with Crippen LogP contribution in [0.1, 0.15) is 22.8 Å². The van der Waals surface area contributed by atoms with Gasteiger partial charge in [0, 0.05) is 5.33 Å². The van der Waals surface area contributed by atoms with Gasteiger partial charge in [0.15, 0.2) is 5.78 Å².